The van der Waals surface area contributed by atoms with Crippen molar-refractivity contribution in [2.75, 3.05) is 24.2 Å². The molecule has 0 radical (unpaired) electrons. The molecule has 2 amide bonds. The van der Waals surface area contributed by atoms with Crippen LogP contribution in [-0.2, 0) is 14.8 Å². The summed E-state index contributed by atoms with van der Waals surface area (Å²) in [6.07, 6.45) is 0. The molecule has 32 heavy (non-hydrogen) atoms. The standard InChI is InChI=1S/C22H19F2N3O4S/c1-27(32(30,31)20-10-8-16(23)9-11-20)14-21(28)25-18-6-2-4-15(12-18)22(29)26-19-7-3-5-17(24)13-19/h2-13H,14H2,1H3,(H,25,28)(H,26,29). The highest BCUT2D eigenvalue weighted by Crippen LogP contribution is 2.17. The van der Waals surface area contributed by atoms with Gasteiger partial charge >= 0.3 is 0 Å². The fourth-order valence-corrected chi connectivity index (χ4v) is 3.91. The summed E-state index contributed by atoms with van der Waals surface area (Å²) in [5.41, 5.74) is 0.755. The van der Waals surface area contributed by atoms with Crippen LogP contribution in [0.25, 0.3) is 0 Å². The quantitative estimate of drug-likeness (QED) is 0.566. The molecule has 0 unspecified atom stereocenters. The van der Waals surface area contributed by atoms with Crippen molar-refractivity contribution in [2.45, 2.75) is 4.90 Å². The van der Waals surface area contributed by atoms with Gasteiger partial charge in [0.25, 0.3) is 5.91 Å². The van der Waals surface area contributed by atoms with E-state index in [1.807, 2.05) is 0 Å². The van der Waals surface area contributed by atoms with Crippen molar-refractivity contribution < 1.29 is 26.8 Å². The molecule has 0 saturated heterocycles. The van der Waals surface area contributed by atoms with Gasteiger partial charge in [0.05, 0.1) is 11.4 Å². The van der Waals surface area contributed by atoms with Gasteiger partial charge in [0, 0.05) is 24.0 Å². The first-order valence-electron chi connectivity index (χ1n) is 9.34. The number of hydrogen-bond donors (Lipinski definition) is 2. The van der Waals surface area contributed by atoms with Crippen LogP contribution in [-0.4, -0.2) is 38.1 Å². The van der Waals surface area contributed by atoms with Gasteiger partial charge in [0.15, 0.2) is 0 Å². The molecular formula is C22H19F2N3O4S. The van der Waals surface area contributed by atoms with Gasteiger partial charge in [0.2, 0.25) is 15.9 Å². The smallest absolute Gasteiger partial charge is 0.255 e. The van der Waals surface area contributed by atoms with Crippen molar-refractivity contribution in [3.8, 4) is 0 Å². The number of sulfonamides is 1. The maximum Gasteiger partial charge on any atom is 0.255 e. The van der Waals surface area contributed by atoms with Crippen LogP contribution in [0, 0.1) is 11.6 Å². The van der Waals surface area contributed by atoms with Crippen molar-refractivity contribution in [3.05, 3.63) is 90.0 Å². The lowest BCUT2D eigenvalue weighted by molar-refractivity contribution is -0.116. The van der Waals surface area contributed by atoms with Crippen LogP contribution in [0.5, 0.6) is 0 Å². The Morgan fingerprint density at radius 3 is 2.12 bits per heavy atom. The monoisotopic (exact) mass is 459 g/mol. The molecule has 0 bridgehead atoms. The Balaban J connectivity index is 1.65. The van der Waals surface area contributed by atoms with Gasteiger partial charge in [-0.25, -0.2) is 17.2 Å². The van der Waals surface area contributed by atoms with E-state index in [-0.39, 0.29) is 21.8 Å². The lowest BCUT2D eigenvalue weighted by Crippen LogP contribution is -2.35. The average Bonchev–Trinajstić information content (AvgIpc) is 2.74. The van der Waals surface area contributed by atoms with E-state index < -0.39 is 40.0 Å². The van der Waals surface area contributed by atoms with E-state index in [4.69, 9.17) is 0 Å². The highest BCUT2D eigenvalue weighted by Gasteiger charge is 2.23. The summed E-state index contributed by atoms with van der Waals surface area (Å²) in [5.74, 6) is -2.22. The van der Waals surface area contributed by atoms with Crippen LogP contribution in [0.15, 0.2) is 77.7 Å². The second-order valence-corrected chi connectivity index (χ2v) is 8.85. The molecule has 0 aliphatic rings. The third-order valence-electron chi connectivity index (χ3n) is 4.38. The van der Waals surface area contributed by atoms with Gasteiger partial charge in [-0.15, -0.1) is 0 Å². The Kier molecular flexibility index (Phi) is 6.96. The second-order valence-electron chi connectivity index (χ2n) is 6.81. The average molecular weight is 459 g/mol. The number of halogens is 2. The summed E-state index contributed by atoms with van der Waals surface area (Å²) in [7, 11) is -2.77. The summed E-state index contributed by atoms with van der Waals surface area (Å²) in [6, 6.07) is 15.6. The number of anilines is 2. The number of carbonyl (C=O) groups excluding carboxylic acids is 2. The zero-order chi connectivity index (χ0) is 23.3. The molecule has 0 heterocycles. The summed E-state index contributed by atoms with van der Waals surface area (Å²) >= 11 is 0. The Hall–Kier alpha value is -3.63. The number of hydrogen-bond acceptors (Lipinski definition) is 4. The second kappa shape index (κ2) is 9.67. The third-order valence-corrected chi connectivity index (χ3v) is 6.20. The lowest BCUT2D eigenvalue weighted by Gasteiger charge is -2.17. The number of nitrogens with one attached hydrogen (secondary N) is 2. The Bertz CT molecular complexity index is 1250. The molecule has 3 rings (SSSR count). The first kappa shape index (κ1) is 23.0. The number of nitrogens with zero attached hydrogens (tertiary/aromatic N) is 1. The minimum atomic E-state index is -3.99. The molecule has 3 aromatic rings. The van der Waals surface area contributed by atoms with Gasteiger partial charge in [-0.1, -0.05) is 12.1 Å². The summed E-state index contributed by atoms with van der Waals surface area (Å²) < 4.78 is 52.2. The number of benzene rings is 3. The first-order chi connectivity index (χ1) is 15.1. The fourth-order valence-electron chi connectivity index (χ4n) is 2.78. The third kappa shape index (κ3) is 5.74. The number of likely N-dealkylation sites (N-methyl/N-ethyl adjacent to an activating group) is 1. The van der Waals surface area contributed by atoms with E-state index in [2.05, 4.69) is 10.6 Å². The van der Waals surface area contributed by atoms with Crippen molar-refractivity contribution in [1.82, 2.24) is 4.31 Å². The minimum absolute atomic E-state index is 0.148. The largest absolute Gasteiger partial charge is 0.325 e. The molecule has 166 valence electrons. The topological polar surface area (TPSA) is 95.6 Å². The Morgan fingerprint density at radius 2 is 1.47 bits per heavy atom. The number of rotatable bonds is 7. The summed E-state index contributed by atoms with van der Waals surface area (Å²) in [5, 5.41) is 5.08. The van der Waals surface area contributed by atoms with Crippen molar-refractivity contribution >= 4 is 33.2 Å². The normalized spacial score (nSPS) is 11.2. The SMILES string of the molecule is CN(CC(=O)Nc1cccc(C(=O)Nc2cccc(F)c2)c1)S(=O)(=O)c1ccc(F)cc1. The minimum Gasteiger partial charge on any atom is -0.325 e. The number of carbonyl (C=O) groups is 2. The van der Waals surface area contributed by atoms with E-state index in [0.717, 1.165) is 28.6 Å². The molecule has 0 aliphatic heterocycles. The van der Waals surface area contributed by atoms with Crippen LogP contribution < -0.4 is 10.6 Å². The van der Waals surface area contributed by atoms with E-state index in [9.17, 15) is 26.8 Å². The zero-order valence-electron chi connectivity index (χ0n) is 16.9. The summed E-state index contributed by atoms with van der Waals surface area (Å²) in [4.78, 5) is 24.6. The molecule has 0 atom stereocenters. The van der Waals surface area contributed by atoms with E-state index in [0.29, 0.717) is 0 Å². The van der Waals surface area contributed by atoms with Crippen LogP contribution in [0.2, 0.25) is 0 Å². The van der Waals surface area contributed by atoms with E-state index >= 15 is 0 Å². The van der Waals surface area contributed by atoms with Gasteiger partial charge in [-0.05, 0) is 60.7 Å². The van der Waals surface area contributed by atoms with E-state index in [1.165, 1.54) is 55.6 Å². The highest BCUT2D eigenvalue weighted by atomic mass is 32.2. The van der Waals surface area contributed by atoms with Crippen LogP contribution in [0.3, 0.4) is 0 Å². The predicted molar refractivity (Wildman–Crippen MR) is 116 cm³/mol. The number of amides is 2. The summed E-state index contributed by atoms with van der Waals surface area (Å²) in [6.45, 7) is -0.501. The first-order valence-corrected chi connectivity index (χ1v) is 10.8. The highest BCUT2D eigenvalue weighted by molar-refractivity contribution is 7.89. The molecule has 3 aromatic carbocycles. The van der Waals surface area contributed by atoms with Gasteiger partial charge in [0.1, 0.15) is 11.6 Å². The van der Waals surface area contributed by atoms with Crippen molar-refractivity contribution in [1.29, 1.82) is 0 Å². The van der Waals surface area contributed by atoms with Crippen molar-refractivity contribution in [3.63, 3.8) is 0 Å². The van der Waals surface area contributed by atoms with Gasteiger partial charge in [-0.2, -0.15) is 4.31 Å². The van der Waals surface area contributed by atoms with Crippen LogP contribution >= 0.6 is 0 Å². The molecule has 7 nitrogen and oxygen atoms in total. The fraction of sp³-hybridized carbons (Fsp3) is 0.0909. The predicted octanol–water partition coefficient (Wildman–Crippen LogP) is 3.48. The molecule has 0 fully saturated rings. The van der Waals surface area contributed by atoms with Crippen LogP contribution in [0.1, 0.15) is 10.4 Å². The van der Waals surface area contributed by atoms with Gasteiger partial charge < -0.3 is 10.6 Å². The molecule has 2 N–H and O–H groups in total. The molecule has 0 aliphatic carbocycles. The Labute approximate surface area is 183 Å². The zero-order valence-corrected chi connectivity index (χ0v) is 17.7. The Morgan fingerprint density at radius 1 is 0.844 bits per heavy atom. The van der Waals surface area contributed by atoms with Gasteiger partial charge in [-0.3, -0.25) is 9.59 Å². The molecule has 0 spiro atoms. The molecular weight excluding hydrogens is 440 g/mol. The molecule has 0 aromatic heterocycles. The van der Waals surface area contributed by atoms with Crippen LogP contribution in [0.4, 0.5) is 20.2 Å². The van der Waals surface area contributed by atoms with E-state index in [1.54, 1.807) is 0 Å². The molecule has 10 heteroatoms. The maximum atomic E-state index is 13.3. The lowest BCUT2D eigenvalue weighted by atomic mass is 10.2. The maximum absolute atomic E-state index is 13.3. The molecule has 0 saturated carbocycles. The van der Waals surface area contributed by atoms with Crippen molar-refractivity contribution in [2.24, 2.45) is 0 Å².